The molecule has 0 fully saturated rings. The van der Waals surface area contributed by atoms with Gasteiger partial charge in [0.1, 0.15) is 0 Å². The number of hydrogen-bond acceptors (Lipinski definition) is 4. The molecule has 0 atom stereocenters. The highest BCUT2D eigenvalue weighted by atomic mass is 32.2. The largest absolute Gasteiger partial charge is 0.466 e. The molecule has 0 saturated carbocycles. The van der Waals surface area contributed by atoms with Gasteiger partial charge in [0.05, 0.1) is 7.11 Å². The van der Waals surface area contributed by atoms with Crippen molar-refractivity contribution in [3.8, 4) is 0 Å². The summed E-state index contributed by atoms with van der Waals surface area (Å²) in [4.78, 5) is 10.9. The number of carbonyl (C=O) groups is 1. The van der Waals surface area contributed by atoms with Gasteiger partial charge in [0.2, 0.25) is 0 Å². The number of esters is 1. The van der Waals surface area contributed by atoms with Crippen LogP contribution < -0.4 is 5.73 Å². The molecule has 0 aliphatic heterocycles. The van der Waals surface area contributed by atoms with Gasteiger partial charge in [0.25, 0.3) is 0 Å². The average molecular weight is 227 g/mol. The van der Waals surface area contributed by atoms with Crippen molar-refractivity contribution in [2.45, 2.75) is 6.92 Å². The summed E-state index contributed by atoms with van der Waals surface area (Å²) < 4.78 is 4.50. The normalized spacial score (nSPS) is 11.8. The Kier molecular flexibility index (Phi) is 7.77. The van der Waals surface area contributed by atoms with E-state index in [1.807, 2.05) is 19.1 Å². The molecule has 0 spiro atoms. The molecule has 0 radical (unpaired) electrons. The molecule has 84 valence electrons. The summed E-state index contributed by atoms with van der Waals surface area (Å²) in [6.45, 7) is 5.69. The first-order valence-corrected chi connectivity index (χ1v) is 5.65. The van der Waals surface area contributed by atoms with Crippen LogP contribution in [0, 0.1) is 0 Å². The van der Waals surface area contributed by atoms with Crippen LogP contribution in [0.2, 0.25) is 0 Å². The SMILES string of the molecule is C=C(C=CC(C)=CC(=O)OC)CSCN. The zero-order valence-corrected chi connectivity index (χ0v) is 9.97. The zero-order valence-electron chi connectivity index (χ0n) is 9.16. The van der Waals surface area contributed by atoms with Crippen molar-refractivity contribution in [2.24, 2.45) is 5.73 Å². The maximum atomic E-state index is 10.9. The van der Waals surface area contributed by atoms with E-state index in [4.69, 9.17) is 5.73 Å². The Morgan fingerprint density at radius 3 is 2.73 bits per heavy atom. The highest BCUT2D eigenvalue weighted by Gasteiger charge is 1.93. The molecule has 0 saturated heterocycles. The van der Waals surface area contributed by atoms with E-state index in [2.05, 4.69) is 11.3 Å². The van der Waals surface area contributed by atoms with Gasteiger partial charge in [-0.25, -0.2) is 4.79 Å². The fourth-order valence-corrected chi connectivity index (χ4v) is 1.26. The van der Waals surface area contributed by atoms with Crippen LogP contribution in [0.1, 0.15) is 6.92 Å². The number of hydrogen-bond donors (Lipinski definition) is 1. The van der Waals surface area contributed by atoms with Gasteiger partial charge in [-0.2, -0.15) is 0 Å². The molecule has 0 amide bonds. The van der Waals surface area contributed by atoms with Crippen molar-refractivity contribution in [1.82, 2.24) is 0 Å². The van der Waals surface area contributed by atoms with Gasteiger partial charge in [-0.3, -0.25) is 0 Å². The maximum absolute atomic E-state index is 10.9. The summed E-state index contributed by atoms with van der Waals surface area (Å²) in [5, 5.41) is 0. The maximum Gasteiger partial charge on any atom is 0.330 e. The topological polar surface area (TPSA) is 52.3 Å². The van der Waals surface area contributed by atoms with Gasteiger partial charge in [0, 0.05) is 17.7 Å². The minimum absolute atomic E-state index is 0.348. The summed E-state index contributed by atoms with van der Waals surface area (Å²) >= 11 is 1.60. The van der Waals surface area contributed by atoms with E-state index in [1.54, 1.807) is 11.8 Å². The minimum Gasteiger partial charge on any atom is -0.466 e. The van der Waals surface area contributed by atoms with Crippen LogP contribution in [0.5, 0.6) is 0 Å². The van der Waals surface area contributed by atoms with E-state index in [1.165, 1.54) is 13.2 Å². The van der Waals surface area contributed by atoms with Gasteiger partial charge < -0.3 is 10.5 Å². The van der Waals surface area contributed by atoms with Gasteiger partial charge >= 0.3 is 5.97 Å². The lowest BCUT2D eigenvalue weighted by atomic mass is 10.2. The van der Waals surface area contributed by atoms with Crippen molar-refractivity contribution in [3.63, 3.8) is 0 Å². The molecule has 4 heteroatoms. The van der Waals surface area contributed by atoms with Crippen molar-refractivity contribution in [2.75, 3.05) is 18.7 Å². The second kappa shape index (κ2) is 8.32. The molecular weight excluding hydrogens is 210 g/mol. The van der Waals surface area contributed by atoms with Crippen molar-refractivity contribution in [3.05, 3.63) is 36.0 Å². The summed E-state index contributed by atoms with van der Waals surface area (Å²) in [5.41, 5.74) is 7.15. The van der Waals surface area contributed by atoms with Gasteiger partial charge in [0.15, 0.2) is 0 Å². The number of nitrogens with two attached hydrogens (primary N) is 1. The van der Waals surface area contributed by atoms with E-state index >= 15 is 0 Å². The highest BCUT2D eigenvalue weighted by Crippen LogP contribution is 2.06. The Labute approximate surface area is 95.1 Å². The molecule has 2 N–H and O–H groups in total. The molecule has 3 nitrogen and oxygen atoms in total. The third kappa shape index (κ3) is 8.03. The molecule has 0 rings (SSSR count). The molecule has 0 aromatic carbocycles. The third-order valence-corrected chi connectivity index (χ3v) is 2.34. The molecule has 0 aromatic rings. The van der Waals surface area contributed by atoms with Gasteiger partial charge in [-0.15, -0.1) is 11.8 Å². The molecule has 15 heavy (non-hydrogen) atoms. The smallest absolute Gasteiger partial charge is 0.330 e. The lowest BCUT2D eigenvalue weighted by molar-refractivity contribution is -0.134. The zero-order chi connectivity index (χ0) is 11.7. The fourth-order valence-electron chi connectivity index (χ4n) is 0.780. The monoisotopic (exact) mass is 227 g/mol. The second-order valence-corrected chi connectivity index (χ2v) is 3.95. The molecule has 0 unspecified atom stereocenters. The predicted molar refractivity (Wildman–Crippen MR) is 65.6 cm³/mol. The van der Waals surface area contributed by atoms with Crippen LogP contribution in [-0.4, -0.2) is 24.7 Å². The van der Waals surface area contributed by atoms with Gasteiger partial charge in [-0.05, 0) is 18.1 Å². The Morgan fingerprint density at radius 2 is 2.20 bits per heavy atom. The first-order chi connectivity index (χ1) is 7.10. The average Bonchev–Trinajstić information content (AvgIpc) is 2.23. The Balaban J connectivity index is 4.10. The van der Waals surface area contributed by atoms with Gasteiger partial charge in [-0.1, -0.05) is 18.7 Å². The molecule has 0 heterocycles. The number of thioether (sulfide) groups is 1. The second-order valence-electron chi connectivity index (χ2n) is 2.92. The van der Waals surface area contributed by atoms with E-state index in [-0.39, 0.29) is 5.97 Å². The predicted octanol–water partition coefficient (Wildman–Crippen LogP) is 1.87. The van der Waals surface area contributed by atoms with E-state index in [0.29, 0.717) is 5.88 Å². The lowest BCUT2D eigenvalue weighted by Crippen LogP contribution is -1.95. The summed E-state index contributed by atoms with van der Waals surface area (Å²) in [6.07, 6.45) is 5.13. The number of allylic oxidation sites excluding steroid dienone is 3. The van der Waals surface area contributed by atoms with Crippen LogP contribution in [0.15, 0.2) is 36.0 Å². The Morgan fingerprint density at radius 1 is 1.53 bits per heavy atom. The first-order valence-electron chi connectivity index (χ1n) is 4.50. The molecule has 0 aliphatic carbocycles. The van der Waals surface area contributed by atoms with Crippen LogP contribution in [-0.2, 0) is 9.53 Å². The van der Waals surface area contributed by atoms with E-state index < -0.39 is 0 Å². The summed E-state index contributed by atoms with van der Waals surface area (Å²) in [5.74, 6) is 1.04. The third-order valence-electron chi connectivity index (χ3n) is 1.53. The van der Waals surface area contributed by atoms with Crippen molar-refractivity contribution < 1.29 is 9.53 Å². The number of methoxy groups -OCH3 is 1. The van der Waals surface area contributed by atoms with Crippen molar-refractivity contribution in [1.29, 1.82) is 0 Å². The van der Waals surface area contributed by atoms with E-state index in [0.717, 1.165) is 16.9 Å². The minimum atomic E-state index is -0.348. The highest BCUT2D eigenvalue weighted by molar-refractivity contribution is 7.99. The lowest BCUT2D eigenvalue weighted by Gasteiger charge is -1.97. The number of ether oxygens (including phenoxy) is 1. The summed E-state index contributed by atoms with van der Waals surface area (Å²) in [7, 11) is 1.35. The molecule has 0 aromatic heterocycles. The van der Waals surface area contributed by atoms with Crippen LogP contribution in [0.3, 0.4) is 0 Å². The Bertz CT molecular complexity index is 282. The fraction of sp³-hybridized carbons (Fsp3) is 0.364. The number of carbonyl (C=O) groups excluding carboxylic acids is 1. The standard InChI is InChI=1S/C11H17NO2S/c1-9(6-11(13)14-3)4-5-10(2)7-15-8-12/h4-6H,2,7-8,12H2,1,3H3. The van der Waals surface area contributed by atoms with E-state index in [9.17, 15) is 4.79 Å². The van der Waals surface area contributed by atoms with Crippen LogP contribution >= 0.6 is 11.8 Å². The van der Waals surface area contributed by atoms with Crippen molar-refractivity contribution >= 4 is 17.7 Å². The molecular formula is C11H17NO2S. The Hall–Kier alpha value is -1.00. The molecule has 0 bridgehead atoms. The molecule has 0 aliphatic rings. The quantitative estimate of drug-likeness (QED) is 0.326. The number of rotatable bonds is 6. The first kappa shape index (κ1) is 14.0. The summed E-state index contributed by atoms with van der Waals surface area (Å²) in [6, 6.07) is 0. The van der Waals surface area contributed by atoms with Crippen LogP contribution in [0.4, 0.5) is 0 Å². The van der Waals surface area contributed by atoms with Crippen LogP contribution in [0.25, 0.3) is 0 Å².